The minimum atomic E-state index is -0.527. The number of nitrogens with one attached hydrogen (secondary N) is 1. The van der Waals surface area contributed by atoms with E-state index < -0.39 is 17.7 Å². The lowest BCUT2D eigenvalue weighted by atomic mass is 10.0. The zero-order chi connectivity index (χ0) is 14.3. The zero-order valence-electron chi connectivity index (χ0n) is 11.3. The van der Waals surface area contributed by atoms with E-state index in [1.807, 2.05) is 25.1 Å². The first-order valence-electron chi connectivity index (χ1n) is 6.51. The quantitative estimate of drug-likeness (QED) is 0.845. The normalized spacial score (nSPS) is 17.1. The van der Waals surface area contributed by atoms with Crippen LogP contribution >= 0.6 is 0 Å². The molecule has 1 atom stereocenters. The fourth-order valence-electron chi connectivity index (χ4n) is 2.36. The Kier molecular flexibility index (Phi) is 3.08. The molecule has 0 saturated heterocycles. The minimum Gasteiger partial charge on any atom is -0.482 e. The van der Waals surface area contributed by atoms with Gasteiger partial charge in [-0.05, 0) is 49.2 Å². The molecular formula is C16H15F2NO. The lowest BCUT2D eigenvalue weighted by Gasteiger charge is -2.28. The fourth-order valence-corrected chi connectivity index (χ4v) is 2.36. The monoisotopic (exact) mass is 275 g/mol. The van der Waals surface area contributed by atoms with Crippen LogP contribution in [0.5, 0.6) is 5.75 Å². The molecule has 0 bridgehead atoms. The molecule has 0 amide bonds. The van der Waals surface area contributed by atoms with Crippen LogP contribution in [0.4, 0.5) is 14.5 Å². The summed E-state index contributed by atoms with van der Waals surface area (Å²) in [7, 11) is 0. The predicted octanol–water partition coefficient (Wildman–Crippen LogP) is 4.13. The SMILES string of the molecule is Cc1ccc2c(c1)NCC(c1cc(F)c(C)cc1F)O2. The van der Waals surface area contributed by atoms with Crippen LogP contribution in [0.25, 0.3) is 0 Å². The van der Waals surface area contributed by atoms with Gasteiger partial charge in [-0.2, -0.15) is 0 Å². The van der Waals surface area contributed by atoms with Gasteiger partial charge >= 0.3 is 0 Å². The summed E-state index contributed by atoms with van der Waals surface area (Å²) >= 11 is 0. The first-order valence-corrected chi connectivity index (χ1v) is 6.51. The highest BCUT2D eigenvalue weighted by molar-refractivity contribution is 5.59. The van der Waals surface area contributed by atoms with Crippen LogP contribution in [0.1, 0.15) is 22.8 Å². The van der Waals surface area contributed by atoms with E-state index in [1.165, 1.54) is 12.1 Å². The van der Waals surface area contributed by atoms with Crippen LogP contribution in [0.15, 0.2) is 30.3 Å². The van der Waals surface area contributed by atoms with Crippen LogP contribution < -0.4 is 10.1 Å². The molecule has 1 unspecified atom stereocenters. The second kappa shape index (κ2) is 4.78. The van der Waals surface area contributed by atoms with Gasteiger partial charge in [-0.1, -0.05) is 6.07 Å². The number of aryl methyl sites for hydroxylation is 2. The van der Waals surface area contributed by atoms with Gasteiger partial charge in [-0.25, -0.2) is 8.78 Å². The van der Waals surface area contributed by atoms with Gasteiger partial charge in [0.2, 0.25) is 0 Å². The average molecular weight is 275 g/mol. The highest BCUT2D eigenvalue weighted by Gasteiger charge is 2.24. The number of hydrogen-bond donors (Lipinski definition) is 1. The molecule has 1 aliphatic heterocycles. The summed E-state index contributed by atoms with van der Waals surface area (Å²) in [5.74, 6) is -0.196. The average Bonchev–Trinajstić information content (AvgIpc) is 2.42. The third-order valence-corrected chi connectivity index (χ3v) is 3.51. The number of benzene rings is 2. The van der Waals surface area contributed by atoms with Gasteiger partial charge in [-0.3, -0.25) is 0 Å². The smallest absolute Gasteiger partial charge is 0.144 e. The van der Waals surface area contributed by atoms with Crippen molar-refractivity contribution in [3.8, 4) is 5.75 Å². The molecule has 1 aliphatic rings. The Morgan fingerprint density at radius 2 is 1.90 bits per heavy atom. The van der Waals surface area contributed by atoms with Crippen LogP contribution in [0.2, 0.25) is 0 Å². The van der Waals surface area contributed by atoms with E-state index in [9.17, 15) is 8.78 Å². The maximum atomic E-state index is 14.0. The molecular weight excluding hydrogens is 260 g/mol. The second-order valence-electron chi connectivity index (χ2n) is 5.11. The molecule has 1 heterocycles. The molecule has 0 aromatic heterocycles. The van der Waals surface area contributed by atoms with Crippen molar-refractivity contribution in [2.75, 3.05) is 11.9 Å². The van der Waals surface area contributed by atoms with E-state index in [0.29, 0.717) is 17.9 Å². The van der Waals surface area contributed by atoms with E-state index >= 15 is 0 Å². The number of hydrogen-bond acceptors (Lipinski definition) is 2. The molecule has 3 rings (SSSR count). The molecule has 0 radical (unpaired) electrons. The number of fused-ring (bicyclic) bond motifs is 1. The summed E-state index contributed by atoms with van der Waals surface area (Å²) in [6.07, 6.45) is -0.527. The van der Waals surface area contributed by atoms with Gasteiger partial charge in [-0.15, -0.1) is 0 Å². The van der Waals surface area contributed by atoms with Crippen molar-refractivity contribution in [2.24, 2.45) is 0 Å². The third-order valence-electron chi connectivity index (χ3n) is 3.51. The van der Waals surface area contributed by atoms with Gasteiger partial charge in [0.25, 0.3) is 0 Å². The molecule has 1 N–H and O–H groups in total. The van der Waals surface area contributed by atoms with Crippen LogP contribution in [0.3, 0.4) is 0 Å². The van der Waals surface area contributed by atoms with Gasteiger partial charge in [0.05, 0.1) is 12.2 Å². The van der Waals surface area contributed by atoms with Gasteiger partial charge in [0.1, 0.15) is 23.5 Å². The van der Waals surface area contributed by atoms with Crippen molar-refractivity contribution in [3.63, 3.8) is 0 Å². The summed E-state index contributed by atoms with van der Waals surface area (Å²) in [5, 5.41) is 3.20. The molecule has 2 nitrogen and oxygen atoms in total. The molecule has 20 heavy (non-hydrogen) atoms. The second-order valence-corrected chi connectivity index (χ2v) is 5.11. The Balaban J connectivity index is 1.94. The van der Waals surface area contributed by atoms with E-state index in [4.69, 9.17) is 4.74 Å². The topological polar surface area (TPSA) is 21.3 Å². The van der Waals surface area contributed by atoms with Crippen LogP contribution in [0, 0.1) is 25.5 Å². The van der Waals surface area contributed by atoms with Gasteiger partial charge in [0, 0.05) is 5.56 Å². The predicted molar refractivity (Wildman–Crippen MR) is 74.1 cm³/mol. The Labute approximate surface area is 116 Å². The fraction of sp³-hybridized carbons (Fsp3) is 0.250. The lowest BCUT2D eigenvalue weighted by molar-refractivity contribution is 0.204. The Hall–Kier alpha value is -2.10. The third kappa shape index (κ3) is 2.22. The number of ether oxygens (including phenoxy) is 1. The van der Waals surface area contributed by atoms with E-state index in [2.05, 4.69) is 5.32 Å². The summed E-state index contributed by atoms with van der Waals surface area (Å²) in [6.45, 7) is 3.94. The van der Waals surface area contributed by atoms with Gasteiger partial charge in [0.15, 0.2) is 0 Å². The van der Waals surface area contributed by atoms with E-state index in [-0.39, 0.29) is 5.56 Å². The van der Waals surface area contributed by atoms with Crippen LogP contribution in [-0.2, 0) is 0 Å². The highest BCUT2D eigenvalue weighted by Crippen LogP contribution is 2.35. The molecule has 2 aromatic carbocycles. The summed E-state index contributed by atoms with van der Waals surface area (Å²) in [5.41, 5.74) is 2.54. The highest BCUT2D eigenvalue weighted by atomic mass is 19.1. The summed E-state index contributed by atoms with van der Waals surface area (Å²) in [4.78, 5) is 0. The lowest BCUT2D eigenvalue weighted by Crippen LogP contribution is -2.24. The Bertz CT molecular complexity index is 670. The van der Waals surface area contributed by atoms with Crippen molar-refractivity contribution in [1.82, 2.24) is 0 Å². The molecule has 0 saturated carbocycles. The van der Waals surface area contributed by atoms with Crippen molar-refractivity contribution in [2.45, 2.75) is 20.0 Å². The van der Waals surface area contributed by atoms with Gasteiger partial charge < -0.3 is 10.1 Å². The van der Waals surface area contributed by atoms with Crippen molar-refractivity contribution in [1.29, 1.82) is 0 Å². The minimum absolute atomic E-state index is 0.242. The standard InChI is InChI=1S/C16H15F2NO/c1-9-3-4-15-14(5-9)19-8-16(20-15)11-7-12(17)10(2)6-13(11)18/h3-7,16,19H,8H2,1-2H3. The van der Waals surface area contributed by atoms with Crippen LogP contribution in [-0.4, -0.2) is 6.54 Å². The molecule has 0 aliphatic carbocycles. The summed E-state index contributed by atoms with van der Waals surface area (Å²) < 4.78 is 33.4. The first-order chi connectivity index (χ1) is 9.54. The number of anilines is 1. The number of rotatable bonds is 1. The maximum absolute atomic E-state index is 14.0. The molecule has 2 aromatic rings. The molecule has 4 heteroatoms. The van der Waals surface area contributed by atoms with Crippen molar-refractivity contribution >= 4 is 5.69 Å². The first kappa shape index (κ1) is 12.9. The van der Waals surface area contributed by atoms with E-state index in [1.54, 1.807) is 6.92 Å². The number of halogens is 2. The zero-order valence-corrected chi connectivity index (χ0v) is 11.3. The molecule has 0 fully saturated rings. The summed E-state index contributed by atoms with van der Waals surface area (Å²) in [6, 6.07) is 8.16. The Morgan fingerprint density at radius 1 is 1.10 bits per heavy atom. The van der Waals surface area contributed by atoms with E-state index in [0.717, 1.165) is 11.3 Å². The molecule has 0 spiro atoms. The van der Waals surface area contributed by atoms with Crippen molar-refractivity contribution < 1.29 is 13.5 Å². The molecule has 104 valence electrons. The van der Waals surface area contributed by atoms with Crippen molar-refractivity contribution in [3.05, 3.63) is 58.7 Å². The maximum Gasteiger partial charge on any atom is 0.144 e. The Morgan fingerprint density at radius 3 is 2.70 bits per heavy atom. The largest absolute Gasteiger partial charge is 0.482 e.